The molecule has 1 N–H and O–H groups in total. The van der Waals surface area contributed by atoms with E-state index in [-0.39, 0.29) is 0 Å². The van der Waals surface area contributed by atoms with Crippen LogP contribution in [0.5, 0.6) is 0 Å². The lowest BCUT2D eigenvalue weighted by atomic mass is 10.0. The van der Waals surface area contributed by atoms with E-state index in [1.54, 1.807) is 18.3 Å². The van der Waals surface area contributed by atoms with E-state index in [4.69, 9.17) is 0 Å². The van der Waals surface area contributed by atoms with Gasteiger partial charge in [-0.2, -0.15) is 0 Å². The Hall–Kier alpha value is -2.14. The minimum atomic E-state index is -3.58. The van der Waals surface area contributed by atoms with Crippen molar-refractivity contribution in [1.29, 1.82) is 0 Å². The van der Waals surface area contributed by atoms with Crippen LogP contribution in [0.15, 0.2) is 53.6 Å². The van der Waals surface area contributed by atoms with Crippen LogP contribution in [0.3, 0.4) is 0 Å². The maximum atomic E-state index is 12.6. The van der Waals surface area contributed by atoms with Crippen LogP contribution in [0.2, 0.25) is 0 Å². The van der Waals surface area contributed by atoms with Gasteiger partial charge in [-0.1, -0.05) is 25.1 Å². The lowest BCUT2D eigenvalue weighted by Gasteiger charge is -2.15. The van der Waals surface area contributed by atoms with Crippen molar-refractivity contribution >= 4 is 26.6 Å². The molecule has 0 saturated carbocycles. The molecule has 0 spiro atoms. The van der Waals surface area contributed by atoms with E-state index >= 15 is 0 Å². The van der Waals surface area contributed by atoms with Gasteiger partial charge in [0.25, 0.3) is 10.0 Å². The SMILES string of the molecule is Cc1cc(NS(=O)(=O)C2=CC[C@@H](C)C=C2)c2ncccc2c1. The minimum Gasteiger partial charge on any atom is -0.277 e. The summed E-state index contributed by atoms with van der Waals surface area (Å²) < 4.78 is 27.8. The molecule has 0 unspecified atom stereocenters. The molecule has 22 heavy (non-hydrogen) atoms. The van der Waals surface area contributed by atoms with Gasteiger partial charge in [0.1, 0.15) is 0 Å². The number of aryl methyl sites for hydroxylation is 1. The quantitative estimate of drug-likeness (QED) is 0.938. The van der Waals surface area contributed by atoms with Gasteiger partial charge in [0.15, 0.2) is 0 Å². The van der Waals surface area contributed by atoms with Gasteiger partial charge in [0.05, 0.1) is 16.1 Å². The van der Waals surface area contributed by atoms with E-state index in [2.05, 4.69) is 16.6 Å². The number of hydrogen-bond donors (Lipinski definition) is 1. The molecule has 1 aromatic carbocycles. The Labute approximate surface area is 130 Å². The predicted molar refractivity (Wildman–Crippen MR) is 90.0 cm³/mol. The summed E-state index contributed by atoms with van der Waals surface area (Å²) in [7, 11) is -3.58. The number of rotatable bonds is 3. The highest BCUT2D eigenvalue weighted by atomic mass is 32.2. The Kier molecular flexibility index (Phi) is 3.74. The van der Waals surface area contributed by atoms with Gasteiger partial charge < -0.3 is 0 Å². The summed E-state index contributed by atoms with van der Waals surface area (Å²) in [6, 6.07) is 7.56. The van der Waals surface area contributed by atoms with Crippen LogP contribution in [0.1, 0.15) is 18.9 Å². The van der Waals surface area contributed by atoms with Gasteiger partial charge in [0.2, 0.25) is 0 Å². The number of fused-ring (bicyclic) bond motifs is 1. The highest BCUT2D eigenvalue weighted by molar-refractivity contribution is 7.96. The van der Waals surface area contributed by atoms with Gasteiger partial charge >= 0.3 is 0 Å². The van der Waals surface area contributed by atoms with Crippen molar-refractivity contribution in [2.45, 2.75) is 20.3 Å². The van der Waals surface area contributed by atoms with Crippen LogP contribution in [0.4, 0.5) is 5.69 Å². The molecular weight excluding hydrogens is 296 g/mol. The van der Waals surface area contributed by atoms with Crippen LogP contribution in [-0.4, -0.2) is 13.4 Å². The lowest BCUT2D eigenvalue weighted by molar-refractivity contribution is 0.606. The van der Waals surface area contributed by atoms with E-state index < -0.39 is 10.0 Å². The molecule has 5 heteroatoms. The number of nitrogens with zero attached hydrogens (tertiary/aromatic N) is 1. The molecule has 1 aromatic heterocycles. The first-order chi connectivity index (χ1) is 10.5. The summed E-state index contributed by atoms with van der Waals surface area (Å²) in [5, 5.41) is 0.919. The first-order valence-corrected chi connectivity index (χ1v) is 8.70. The summed E-state index contributed by atoms with van der Waals surface area (Å²) >= 11 is 0. The molecule has 0 fully saturated rings. The molecule has 0 radical (unpaired) electrons. The van der Waals surface area contributed by atoms with Crippen molar-refractivity contribution in [3.05, 3.63) is 59.2 Å². The molecular formula is C17H18N2O2S. The number of allylic oxidation sites excluding steroid dienone is 3. The Bertz CT molecular complexity index is 883. The average Bonchev–Trinajstić information content (AvgIpc) is 2.47. The van der Waals surface area contributed by atoms with Crippen LogP contribution in [-0.2, 0) is 10.0 Å². The second-order valence-electron chi connectivity index (χ2n) is 5.67. The normalized spacial score (nSPS) is 18.3. The third-order valence-electron chi connectivity index (χ3n) is 3.68. The van der Waals surface area contributed by atoms with Crippen molar-refractivity contribution in [2.75, 3.05) is 4.72 Å². The van der Waals surface area contributed by atoms with Crippen LogP contribution in [0, 0.1) is 12.8 Å². The van der Waals surface area contributed by atoms with E-state index in [1.807, 2.05) is 37.3 Å². The summed E-state index contributed by atoms with van der Waals surface area (Å²) in [6.07, 6.45) is 7.75. The molecule has 0 saturated heterocycles. The second-order valence-corrected chi connectivity index (χ2v) is 7.35. The van der Waals surface area contributed by atoms with Crippen LogP contribution < -0.4 is 4.72 Å². The predicted octanol–water partition coefficient (Wildman–Crippen LogP) is 3.76. The Morgan fingerprint density at radius 2 is 2.14 bits per heavy atom. The van der Waals surface area contributed by atoms with E-state index in [0.717, 1.165) is 17.4 Å². The maximum absolute atomic E-state index is 12.6. The molecule has 1 aliphatic carbocycles. The fourth-order valence-corrected chi connectivity index (χ4v) is 3.67. The topological polar surface area (TPSA) is 59.1 Å². The Balaban J connectivity index is 2.01. The number of hydrogen-bond acceptors (Lipinski definition) is 3. The molecule has 114 valence electrons. The van der Waals surface area contributed by atoms with Gasteiger partial charge in [-0.15, -0.1) is 0 Å². The first-order valence-electron chi connectivity index (χ1n) is 7.22. The Morgan fingerprint density at radius 1 is 1.32 bits per heavy atom. The molecule has 3 rings (SSSR count). The van der Waals surface area contributed by atoms with Crippen LogP contribution >= 0.6 is 0 Å². The van der Waals surface area contributed by atoms with Crippen molar-refractivity contribution in [3.63, 3.8) is 0 Å². The maximum Gasteiger partial charge on any atom is 0.261 e. The fraction of sp³-hybridized carbons (Fsp3) is 0.235. The lowest BCUT2D eigenvalue weighted by Crippen LogP contribution is -2.16. The minimum absolute atomic E-state index is 0.316. The van der Waals surface area contributed by atoms with E-state index in [1.165, 1.54) is 0 Å². The van der Waals surface area contributed by atoms with E-state index in [9.17, 15) is 8.42 Å². The smallest absolute Gasteiger partial charge is 0.261 e. The molecule has 4 nitrogen and oxygen atoms in total. The molecule has 1 heterocycles. The number of nitrogens with one attached hydrogen (secondary N) is 1. The summed E-state index contributed by atoms with van der Waals surface area (Å²) in [5.74, 6) is 0.375. The largest absolute Gasteiger partial charge is 0.277 e. The highest BCUT2D eigenvalue weighted by Gasteiger charge is 2.19. The van der Waals surface area contributed by atoms with Crippen molar-refractivity contribution in [3.8, 4) is 0 Å². The fourth-order valence-electron chi connectivity index (χ4n) is 2.53. The van der Waals surface area contributed by atoms with Gasteiger partial charge in [-0.25, -0.2) is 8.42 Å². The summed E-state index contributed by atoms with van der Waals surface area (Å²) in [4.78, 5) is 4.62. The zero-order valence-corrected chi connectivity index (χ0v) is 13.4. The zero-order valence-electron chi connectivity index (χ0n) is 12.6. The van der Waals surface area contributed by atoms with Crippen molar-refractivity contribution < 1.29 is 8.42 Å². The molecule has 1 aliphatic rings. The van der Waals surface area contributed by atoms with Crippen molar-refractivity contribution in [1.82, 2.24) is 4.98 Å². The second kappa shape index (κ2) is 5.57. The highest BCUT2D eigenvalue weighted by Crippen LogP contribution is 2.27. The number of benzene rings is 1. The standard InChI is InChI=1S/C17H18N2O2S/c1-12-5-7-15(8-6-12)22(20,21)19-16-11-13(2)10-14-4-3-9-18-17(14)16/h3-5,7-12,19H,6H2,1-2H3/t12-/m0/s1. The molecule has 0 bridgehead atoms. The number of pyridine rings is 1. The molecule has 0 aliphatic heterocycles. The summed E-state index contributed by atoms with van der Waals surface area (Å²) in [5.41, 5.74) is 2.16. The first kappa shape index (κ1) is 14.8. The van der Waals surface area contributed by atoms with Gasteiger partial charge in [0, 0.05) is 11.6 Å². The Morgan fingerprint density at radius 3 is 2.86 bits per heavy atom. The number of sulfonamides is 1. The molecule has 0 amide bonds. The number of anilines is 1. The van der Waals surface area contributed by atoms with Gasteiger partial charge in [-0.05, 0) is 49.1 Å². The van der Waals surface area contributed by atoms with Gasteiger partial charge in [-0.3, -0.25) is 9.71 Å². The van der Waals surface area contributed by atoms with Crippen molar-refractivity contribution in [2.24, 2.45) is 5.92 Å². The third kappa shape index (κ3) is 2.90. The third-order valence-corrected chi connectivity index (χ3v) is 5.10. The average molecular weight is 314 g/mol. The molecule has 1 atom stereocenters. The van der Waals surface area contributed by atoms with E-state index in [0.29, 0.717) is 22.0 Å². The van der Waals surface area contributed by atoms with Crippen LogP contribution in [0.25, 0.3) is 10.9 Å². The molecule has 2 aromatic rings. The monoisotopic (exact) mass is 314 g/mol. The summed E-state index contributed by atoms with van der Waals surface area (Å²) in [6.45, 7) is 3.99. The zero-order chi connectivity index (χ0) is 15.7. The number of aromatic nitrogens is 1.